The van der Waals surface area contributed by atoms with Gasteiger partial charge in [-0.1, -0.05) is 23.2 Å². The number of carbonyl (C=O) groups excluding carboxylic acids is 1. The second-order valence-electron chi connectivity index (χ2n) is 5.67. The summed E-state index contributed by atoms with van der Waals surface area (Å²) < 4.78 is 5.76. The van der Waals surface area contributed by atoms with E-state index in [4.69, 9.17) is 33.7 Å². The molecule has 126 valence electrons. The molecule has 1 amide bonds. The molecule has 7 heteroatoms. The molecule has 1 aromatic carbocycles. The SMILES string of the molecule is NC[C@@H]1CCN(C(=O)c2cccnc2Oc2ccc(Cl)cc2Cl)C1. The van der Waals surface area contributed by atoms with Crippen molar-refractivity contribution in [1.82, 2.24) is 9.88 Å². The highest BCUT2D eigenvalue weighted by Crippen LogP contribution is 2.32. The molecular weight excluding hydrogens is 349 g/mol. The first-order valence-electron chi connectivity index (χ1n) is 7.65. The second-order valence-corrected chi connectivity index (χ2v) is 6.52. The number of rotatable bonds is 4. The van der Waals surface area contributed by atoms with Gasteiger partial charge >= 0.3 is 0 Å². The first-order valence-corrected chi connectivity index (χ1v) is 8.41. The minimum Gasteiger partial charge on any atom is -0.437 e. The Labute approximate surface area is 150 Å². The Kier molecular flexibility index (Phi) is 5.23. The van der Waals surface area contributed by atoms with Crippen molar-refractivity contribution in [2.45, 2.75) is 6.42 Å². The molecule has 2 N–H and O–H groups in total. The fourth-order valence-electron chi connectivity index (χ4n) is 2.68. The molecule has 0 unspecified atom stereocenters. The molecular formula is C17H17Cl2N3O2. The molecule has 5 nitrogen and oxygen atoms in total. The van der Waals surface area contributed by atoms with Crippen LogP contribution in [-0.4, -0.2) is 35.4 Å². The highest BCUT2D eigenvalue weighted by Gasteiger charge is 2.28. The molecule has 1 atom stereocenters. The lowest BCUT2D eigenvalue weighted by atomic mass is 10.1. The van der Waals surface area contributed by atoms with E-state index in [1.807, 2.05) is 0 Å². The smallest absolute Gasteiger partial charge is 0.259 e. The molecule has 1 saturated heterocycles. The van der Waals surface area contributed by atoms with E-state index in [-0.39, 0.29) is 11.8 Å². The molecule has 3 rings (SSSR count). The van der Waals surface area contributed by atoms with Gasteiger partial charge in [0.05, 0.1) is 5.02 Å². The Morgan fingerprint density at radius 2 is 2.21 bits per heavy atom. The van der Waals surface area contributed by atoms with Crippen molar-refractivity contribution in [1.29, 1.82) is 0 Å². The summed E-state index contributed by atoms with van der Waals surface area (Å²) in [5.41, 5.74) is 6.10. The van der Waals surface area contributed by atoms with E-state index >= 15 is 0 Å². The number of aromatic nitrogens is 1. The number of nitrogens with two attached hydrogens (primary N) is 1. The maximum Gasteiger partial charge on any atom is 0.259 e. The van der Waals surface area contributed by atoms with Crippen molar-refractivity contribution in [3.05, 3.63) is 52.1 Å². The lowest BCUT2D eigenvalue weighted by Gasteiger charge is -2.18. The molecule has 0 saturated carbocycles. The molecule has 0 aliphatic carbocycles. The third kappa shape index (κ3) is 3.64. The van der Waals surface area contributed by atoms with Gasteiger partial charge in [0, 0.05) is 24.3 Å². The predicted molar refractivity (Wildman–Crippen MR) is 93.8 cm³/mol. The lowest BCUT2D eigenvalue weighted by molar-refractivity contribution is 0.0784. The topological polar surface area (TPSA) is 68.5 Å². The van der Waals surface area contributed by atoms with Crippen LogP contribution in [0.2, 0.25) is 10.0 Å². The fourth-order valence-corrected chi connectivity index (χ4v) is 3.12. The predicted octanol–water partition coefficient (Wildman–Crippen LogP) is 3.60. The minimum atomic E-state index is -0.112. The average molecular weight is 366 g/mol. The first kappa shape index (κ1) is 17.0. The summed E-state index contributed by atoms with van der Waals surface area (Å²) in [7, 11) is 0. The summed E-state index contributed by atoms with van der Waals surface area (Å²) in [6.07, 6.45) is 2.49. The summed E-state index contributed by atoms with van der Waals surface area (Å²) in [5.74, 6) is 0.859. The Bertz CT molecular complexity index is 754. The van der Waals surface area contributed by atoms with Crippen molar-refractivity contribution in [3.8, 4) is 11.6 Å². The summed E-state index contributed by atoms with van der Waals surface area (Å²) in [6, 6.07) is 8.30. The third-order valence-electron chi connectivity index (χ3n) is 4.01. The highest BCUT2D eigenvalue weighted by molar-refractivity contribution is 6.35. The van der Waals surface area contributed by atoms with Crippen molar-refractivity contribution >= 4 is 29.1 Å². The molecule has 0 bridgehead atoms. The number of pyridine rings is 1. The van der Waals surface area contributed by atoms with Gasteiger partial charge in [-0.15, -0.1) is 0 Å². The average Bonchev–Trinajstić information content (AvgIpc) is 3.06. The van der Waals surface area contributed by atoms with Gasteiger partial charge in [-0.2, -0.15) is 0 Å². The molecule has 2 heterocycles. The molecule has 1 aliphatic rings. The zero-order chi connectivity index (χ0) is 17.1. The summed E-state index contributed by atoms with van der Waals surface area (Å²) >= 11 is 12.0. The lowest BCUT2D eigenvalue weighted by Crippen LogP contribution is -2.30. The van der Waals surface area contributed by atoms with E-state index in [9.17, 15) is 4.79 Å². The monoisotopic (exact) mass is 365 g/mol. The Hall–Kier alpha value is -1.82. The maximum atomic E-state index is 12.8. The number of hydrogen-bond donors (Lipinski definition) is 1. The number of amides is 1. The van der Waals surface area contributed by atoms with Crippen LogP contribution in [0.25, 0.3) is 0 Å². The molecule has 0 spiro atoms. The van der Waals surface area contributed by atoms with Crippen LogP contribution < -0.4 is 10.5 Å². The van der Waals surface area contributed by atoms with Gasteiger partial charge in [0.2, 0.25) is 5.88 Å². The van der Waals surface area contributed by atoms with E-state index in [0.717, 1.165) is 6.42 Å². The van der Waals surface area contributed by atoms with Crippen LogP contribution in [0.4, 0.5) is 0 Å². The van der Waals surface area contributed by atoms with E-state index in [0.29, 0.717) is 46.9 Å². The van der Waals surface area contributed by atoms with Crippen LogP contribution in [-0.2, 0) is 0 Å². The summed E-state index contributed by atoms with van der Waals surface area (Å²) in [5, 5.41) is 0.866. The van der Waals surface area contributed by atoms with Gasteiger partial charge in [-0.3, -0.25) is 4.79 Å². The van der Waals surface area contributed by atoms with Gasteiger partial charge in [-0.25, -0.2) is 4.98 Å². The third-order valence-corrected chi connectivity index (χ3v) is 4.54. The van der Waals surface area contributed by atoms with Crippen molar-refractivity contribution < 1.29 is 9.53 Å². The molecule has 1 aromatic heterocycles. The van der Waals surface area contributed by atoms with E-state index in [1.165, 1.54) is 0 Å². The standard InChI is InChI=1S/C17H17Cl2N3O2/c18-12-3-4-15(14(19)8-12)24-16-13(2-1-6-21-16)17(23)22-7-5-11(9-20)10-22/h1-4,6,8,11H,5,7,9-10,20H2/t11-/m0/s1. The van der Waals surface area contributed by atoms with Crippen LogP contribution in [0.1, 0.15) is 16.8 Å². The number of carbonyl (C=O) groups is 1. The Balaban J connectivity index is 1.84. The zero-order valence-corrected chi connectivity index (χ0v) is 14.4. The zero-order valence-electron chi connectivity index (χ0n) is 12.9. The largest absolute Gasteiger partial charge is 0.437 e. The first-order chi connectivity index (χ1) is 11.6. The van der Waals surface area contributed by atoms with Gasteiger partial charge in [0.25, 0.3) is 5.91 Å². The molecule has 1 fully saturated rings. The number of ether oxygens (including phenoxy) is 1. The number of hydrogen-bond acceptors (Lipinski definition) is 4. The van der Waals surface area contributed by atoms with Crippen LogP contribution >= 0.6 is 23.2 Å². The molecule has 0 radical (unpaired) electrons. The number of benzene rings is 1. The normalized spacial score (nSPS) is 17.1. The van der Waals surface area contributed by atoms with Gasteiger partial charge in [0.1, 0.15) is 11.3 Å². The van der Waals surface area contributed by atoms with Crippen LogP contribution in [0.5, 0.6) is 11.6 Å². The quantitative estimate of drug-likeness (QED) is 0.898. The van der Waals surface area contributed by atoms with E-state index in [1.54, 1.807) is 41.4 Å². The molecule has 24 heavy (non-hydrogen) atoms. The number of halogens is 2. The number of nitrogens with zero attached hydrogens (tertiary/aromatic N) is 2. The van der Waals surface area contributed by atoms with Crippen molar-refractivity contribution in [2.75, 3.05) is 19.6 Å². The minimum absolute atomic E-state index is 0.112. The van der Waals surface area contributed by atoms with Crippen LogP contribution in [0.3, 0.4) is 0 Å². The molecule has 1 aliphatic heterocycles. The van der Waals surface area contributed by atoms with Crippen molar-refractivity contribution in [3.63, 3.8) is 0 Å². The van der Waals surface area contributed by atoms with Crippen LogP contribution in [0, 0.1) is 5.92 Å². The fraction of sp³-hybridized carbons (Fsp3) is 0.294. The summed E-state index contributed by atoms with van der Waals surface area (Å²) in [4.78, 5) is 18.7. The van der Waals surface area contributed by atoms with Gasteiger partial charge in [0.15, 0.2) is 0 Å². The van der Waals surface area contributed by atoms with Gasteiger partial charge < -0.3 is 15.4 Å². The maximum absolute atomic E-state index is 12.8. The van der Waals surface area contributed by atoms with Gasteiger partial charge in [-0.05, 0) is 49.2 Å². The highest BCUT2D eigenvalue weighted by atomic mass is 35.5. The Morgan fingerprint density at radius 3 is 2.92 bits per heavy atom. The van der Waals surface area contributed by atoms with E-state index in [2.05, 4.69) is 4.98 Å². The molecule has 2 aromatic rings. The summed E-state index contributed by atoms with van der Waals surface area (Å²) in [6.45, 7) is 1.93. The van der Waals surface area contributed by atoms with Crippen LogP contribution in [0.15, 0.2) is 36.5 Å². The Morgan fingerprint density at radius 1 is 1.38 bits per heavy atom. The number of likely N-dealkylation sites (tertiary alicyclic amines) is 1. The second kappa shape index (κ2) is 7.38. The van der Waals surface area contributed by atoms with E-state index < -0.39 is 0 Å². The van der Waals surface area contributed by atoms with Crippen molar-refractivity contribution in [2.24, 2.45) is 11.7 Å².